The van der Waals surface area contributed by atoms with Crippen molar-refractivity contribution in [1.29, 1.82) is 0 Å². The minimum atomic E-state index is 0.140. The van der Waals surface area contributed by atoms with Crippen molar-refractivity contribution in [2.24, 2.45) is 34.5 Å². The summed E-state index contributed by atoms with van der Waals surface area (Å²) in [6, 6.07) is 4.74. The predicted molar refractivity (Wildman–Crippen MR) is 117 cm³/mol. The Morgan fingerprint density at radius 3 is 2.76 bits per heavy atom. The highest BCUT2D eigenvalue weighted by molar-refractivity contribution is 5.73. The van der Waals surface area contributed by atoms with E-state index in [2.05, 4.69) is 48.6 Å². The average Bonchev–Trinajstić information content (AvgIpc) is 3.06. The highest BCUT2D eigenvalue weighted by atomic mass is 16.1. The van der Waals surface area contributed by atoms with Crippen LogP contribution in [0.25, 0.3) is 5.57 Å². The molecule has 1 N–H and O–H groups in total. The molecule has 1 heterocycles. The van der Waals surface area contributed by atoms with Crippen molar-refractivity contribution in [2.45, 2.75) is 78.2 Å². The second kappa shape index (κ2) is 6.96. The Balaban J connectivity index is 1.37. The van der Waals surface area contributed by atoms with E-state index in [1.54, 1.807) is 12.5 Å². The largest absolute Gasteiger partial charge is 0.354 e. The highest BCUT2D eigenvalue weighted by Gasteiger charge is 2.58. The van der Waals surface area contributed by atoms with E-state index in [0.29, 0.717) is 16.9 Å². The van der Waals surface area contributed by atoms with Crippen LogP contribution >= 0.6 is 0 Å². The Kier molecular flexibility index (Phi) is 4.64. The first-order chi connectivity index (χ1) is 13.9. The molecular formula is C26H36N2O. The zero-order chi connectivity index (χ0) is 20.2. The zero-order valence-electron chi connectivity index (χ0n) is 18.3. The number of hydrogen-bond donors (Lipinski definition) is 1. The van der Waals surface area contributed by atoms with Crippen LogP contribution in [-0.4, -0.2) is 16.9 Å². The van der Waals surface area contributed by atoms with Crippen LogP contribution in [-0.2, 0) is 4.79 Å². The topological polar surface area (TPSA) is 42.0 Å². The molecule has 1 aromatic rings. The Labute approximate surface area is 175 Å². The zero-order valence-corrected chi connectivity index (χ0v) is 18.3. The third-order valence-corrected chi connectivity index (χ3v) is 9.63. The van der Waals surface area contributed by atoms with Gasteiger partial charge in [-0.3, -0.25) is 9.78 Å². The Hall–Kier alpha value is -1.64. The van der Waals surface area contributed by atoms with E-state index in [4.69, 9.17) is 0 Å². The molecule has 29 heavy (non-hydrogen) atoms. The van der Waals surface area contributed by atoms with Crippen LogP contribution in [0.1, 0.15) is 77.7 Å². The van der Waals surface area contributed by atoms with Gasteiger partial charge in [-0.05, 0) is 103 Å². The first kappa shape index (κ1) is 19.3. The number of carbonyl (C=O) groups is 1. The Morgan fingerprint density at radius 1 is 1.14 bits per heavy atom. The first-order valence-corrected chi connectivity index (χ1v) is 11.8. The van der Waals surface area contributed by atoms with Crippen molar-refractivity contribution in [3.63, 3.8) is 0 Å². The molecule has 5 rings (SSSR count). The summed E-state index contributed by atoms with van der Waals surface area (Å²) in [4.78, 5) is 16.0. The van der Waals surface area contributed by atoms with Crippen molar-refractivity contribution in [1.82, 2.24) is 10.3 Å². The fourth-order valence-electron chi connectivity index (χ4n) is 8.21. The van der Waals surface area contributed by atoms with E-state index in [0.717, 1.165) is 30.1 Å². The lowest BCUT2D eigenvalue weighted by Crippen LogP contribution is -2.55. The lowest BCUT2D eigenvalue weighted by Gasteiger charge is -2.61. The summed E-state index contributed by atoms with van der Waals surface area (Å²) in [6.07, 6.45) is 16.8. The summed E-state index contributed by atoms with van der Waals surface area (Å²) in [6.45, 7) is 6.81. The number of fused-ring (bicyclic) bond motifs is 5. The number of allylic oxidation sites excluding steroid dienone is 2. The van der Waals surface area contributed by atoms with E-state index >= 15 is 0 Å². The van der Waals surface area contributed by atoms with Gasteiger partial charge in [-0.2, -0.15) is 0 Å². The highest BCUT2D eigenvalue weighted by Crippen LogP contribution is 2.67. The molecule has 156 valence electrons. The third kappa shape index (κ3) is 2.99. The summed E-state index contributed by atoms with van der Waals surface area (Å²) < 4.78 is 0. The molecule has 1 unspecified atom stereocenters. The van der Waals surface area contributed by atoms with Gasteiger partial charge >= 0.3 is 0 Å². The third-order valence-electron chi connectivity index (χ3n) is 9.63. The summed E-state index contributed by atoms with van der Waals surface area (Å²) >= 11 is 0. The molecule has 0 bridgehead atoms. The van der Waals surface area contributed by atoms with E-state index in [-0.39, 0.29) is 5.91 Å². The SMILES string of the molecule is CC(=O)N[C@H]1CC[C@@]2(C)C(CC[C@@H]3[C@@H]2CC[C@]2(C)C(c4cccnc4)=CC[C@@H]32)C1. The van der Waals surface area contributed by atoms with Crippen LogP contribution in [0.15, 0.2) is 30.6 Å². The van der Waals surface area contributed by atoms with Gasteiger partial charge in [-0.25, -0.2) is 0 Å². The van der Waals surface area contributed by atoms with Crippen LogP contribution in [0.5, 0.6) is 0 Å². The number of nitrogens with zero attached hydrogens (tertiary/aromatic N) is 1. The molecule has 3 fully saturated rings. The fraction of sp³-hybridized carbons (Fsp3) is 0.692. The normalized spacial score (nSPS) is 43.6. The standard InChI is InChI=1S/C26H36N2O/c1-17(29)28-20-10-12-25(2)19(15-20)6-7-21-23-9-8-22(18-5-4-14-27-16-18)26(23,3)13-11-24(21)25/h4-5,8,14,16,19-21,23-24H,6-7,9-13,15H2,1-3H3,(H,28,29)/t19?,20-,21-,23-,24-,25-,26+/m0/s1. The van der Waals surface area contributed by atoms with Crippen LogP contribution in [0, 0.1) is 34.5 Å². The smallest absolute Gasteiger partial charge is 0.217 e. The summed E-state index contributed by atoms with van der Waals surface area (Å²) in [5, 5.41) is 3.22. The molecule has 4 aliphatic carbocycles. The number of aromatic nitrogens is 1. The van der Waals surface area contributed by atoms with Gasteiger partial charge in [0.15, 0.2) is 0 Å². The molecule has 3 heteroatoms. The van der Waals surface area contributed by atoms with Crippen molar-refractivity contribution >= 4 is 11.5 Å². The van der Waals surface area contributed by atoms with Gasteiger partial charge in [0.25, 0.3) is 0 Å². The molecule has 3 nitrogen and oxygen atoms in total. The second-order valence-corrected chi connectivity index (χ2v) is 10.9. The van der Waals surface area contributed by atoms with Gasteiger partial charge in [-0.1, -0.05) is 26.0 Å². The van der Waals surface area contributed by atoms with E-state index in [1.165, 1.54) is 50.5 Å². The van der Waals surface area contributed by atoms with Gasteiger partial charge in [-0.15, -0.1) is 0 Å². The second-order valence-electron chi connectivity index (χ2n) is 10.9. The number of carbonyl (C=O) groups excluding carboxylic acids is 1. The monoisotopic (exact) mass is 392 g/mol. The number of hydrogen-bond acceptors (Lipinski definition) is 2. The lowest BCUT2D eigenvalue weighted by molar-refractivity contribution is -0.123. The Bertz CT molecular complexity index is 817. The van der Waals surface area contributed by atoms with Gasteiger partial charge in [0.2, 0.25) is 5.91 Å². The molecule has 7 atom stereocenters. The van der Waals surface area contributed by atoms with Crippen LogP contribution < -0.4 is 5.32 Å². The van der Waals surface area contributed by atoms with Crippen molar-refractivity contribution in [3.8, 4) is 0 Å². The van der Waals surface area contributed by atoms with Crippen LogP contribution in [0.2, 0.25) is 0 Å². The van der Waals surface area contributed by atoms with Crippen LogP contribution in [0.4, 0.5) is 0 Å². The summed E-state index contributed by atoms with van der Waals surface area (Å²) in [7, 11) is 0. The maximum absolute atomic E-state index is 11.6. The predicted octanol–water partition coefficient (Wildman–Crippen LogP) is 5.62. The van der Waals surface area contributed by atoms with Gasteiger partial charge in [0.1, 0.15) is 0 Å². The molecule has 1 aromatic heterocycles. The minimum absolute atomic E-state index is 0.140. The van der Waals surface area contributed by atoms with Crippen molar-refractivity contribution in [3.05, 3.63) is 36.2 Å². The molecule has 0 radical (unpaired) electrons. The van der Waals surface area contributed by atoms with E-state index in [1.807, 2.05) is 6.20 Å². The number of pyridine rings is 1. The molecule has 0 aromatic carbocycles. The first-order valence-electron chi connectivity index (χ1n) is 11.8. The minimum Gasteiger partial charge on any atom is -0.354 e. The fourth-order valence-corrected chi connectivity index (χ4v) is 8.21. The molecular weight excluding hydrogens is 356 g/mol. The number of nitrogens with one attached hydrogen (secondary N) is 1. The van der Waals surface area contributed by atoms with Crippen molar-refractivity contribution in [2.75, 3.05) is 0 Å². The molecule has 0 spiro atoms. The molecule has 4 aliphatic rings. The number of amides is 1. The molecule has 3 saturated carbocycles. The van der Waals surface area contributed by atoms with E-state index < -0.39 is 0 Å². The van der Waals surface area contributed by atoms with Crippen LogP contribution in [0.3, 0.4) is 0 Å². The molecule has 0 aliphatic heterocycles. The lowest BCUT2D eigenvalue weighted by atomic mass is 9.44. The van der Waals surface area contributed by atoms with Gasteiger partial charge in [0.05, 0.1) is 0 Å². The van der Waals surface area contributed by atoms with Crippen molar-refractivity contribution < 1.29 is 4.79 Å². The van der Waals surface area contributed by atoms with Gasteiger partial charge in [0, 0.05) is 25.4 Å². The summed E-state index contributed by atoms with van der Waals surface area (Å²) in [5.41, 5.74) is 3.69. The quantitative estimate of drug-likeness (QED) is 0.709. The molecule has 0 saturated heterocycles. The number of rotatable bonds is 2. The Morgan fingerprint density at radius 2 is 2.00 bits per heavy atom. The van der Waals surface area contributed by atoms with Gasteiger partial charge < -0.3 is 5.32 Å². The molecule has 1 amide bonds. The van der Waals surface area contributed by atoms with E-state index in [9.17, 15) is 4.79 Å². The average molecular weight is 393 g/mol. The maximum Gasteiger partial charge on any atom is 0.217 e. The summed E-state index contributed by atoms with van der Waals surface area (Å²) in [5.74, 6) is 3.44. The maximum atomic E-state index is 11.6.